The number of hydrogen-bond donors (Lipinski definition) is 0. The van der Waals surface area contributed by atoms with Gasteiger partial charge in [0.05, 0.1) is 6.20 Å². The van der Waals surface area contributed by atoms with Gasteiger partial charge in [0, 0.05) is 5.56 Å². The quantitative estimate of drug-likeness (QED) is 0.684. The summed E-state index contributed by atoms with van der Waals surface area (Å²) in [5.74, 6) is 1.57. The molecular weight excluding hydrogens is 174 g/mol. The van der Waals surface area contributed by atoms with Crippen LogP contribution in [0.15, 0.2) is 28.8 Å². The third kappa shape index (κ3) is 1.43. The number of aromatic nitrogens is 1. The average molecular weight is 187 g/mol. The predicted molar refractivity (Wildman–Crippen MR) is 56.2 cm³/mol. The molecule has 0 radical (unpaired) electrons. The lowest BCUT2D eigenvalue weighted by Gasteiger charge is -2.04. The minimum atomic E-state index is 0.720. The van der Waals surface area contributed by atoms with Crippen molar-refractivity contribution in [1.82, 2.24) is 4.98 Å². The third-order valence-electron chi connectivity index (χ3n) is 2.32. The summed E-state index contributed by atoms with van der Waals surface area (Å²) in [5, 5.41) is 0. The van der Waals surface area contributed by atoms with Crippen molar-refractivity contribution in [3.63, 3.8) is 0 Å². The second-order valence-corrected chi connectivity index (χ2v) is 3.54. The first-order valence-electron chi connectivity index (χ1n) is 4.67. The van der Waals surface area contributed by atoms with Crippen LogP contribution in [0.3, 0.4) is 0 Å². The number of hydrogen-bond acceptors (Lipinski definition) is 2. The van der Waals surface area contributed by atoms with Gasteiger partial charge in [0.1, 0.15) is 5.76 Å². The zero-order valence-electron chi connectivity index (χ0n) is 8.66. The molecule has 0 bridgehead atoms. The summed E-state index contributed by atoms with van der Waals surface area (Å²) in [5.41, 5.74) is 3.51. The van der Waals surface area contributed by atoms with Crippen LogP contribution in [0, 0.1) is 20.8 Å². The van der Waals surface area contributed by atoms with Crippen LogP contribution in [0.5, 0.6) is 0 Å². The summed E-state index contributed by atoms with van der Waals surface area (Å²) in [6, 6.07) is 6.19. The molecule has 0 aliphatic carbocycles. The molecule has 0 spiro atoms. The van der Waals surface area contributed by atoms with Gasteiger partial charge in [-0.1, -0.05) is 18.2 Å². The summed E-state index contributed by atoms with van der Waals surface area (Å²) in [4.78, 5) is 4.24. The van der Waals surface area contributed by atoms with Crippen LogP contribution in [0.4, 0.5) is 0 Å². The van der Waals surface area contributed by atoms with Gasteiger partial charge in [-0.25, -0.2) is 4.98 Å². The Labute approximate surface area is 83.6 Å². The Morgan fingerprint density at radius 3 is 2.21 bits per heavy atom. The molecule has 14 heavy (non-hydrogen) atoms. The average Bonchev–Trinajstić information content (AvgIpc) is 2.51. The summed E-state index contributed by atoms with van der Waals surface area (Å²) < 4.78 is 5.52. The Hall–Kier alpha value is -1.57. The zero-order valence-corrected chi connectivity index (χ0v) is 8.66. The highest BCUT2D eigenvalue weighted by Gasteiger charge is 2.09. The summed E-state index contributed by atoms with van der Waals surface area (Å²) in [6.45, 7) is 6.05. The molecular formula is C12H13NO. The molecule has 0 atom stereocenters. The summed E-state index contributed by atoms with van der Waals surface area (Å²) in [7, 11) is 0. The van der Waals surface area contributed by atoms with Crippen molar-refractivity contribution in [2.75, 3.05) is 0 Å². The van der Waals surface area contributed by atoms with E-state index in [1.807, 2.05) is 13.0 Å². The first-order valence-corrected chi connectivity index (χ1v) is 4.67. The summed E-state index contributed by atoms with van der Waals surface area (Å²) in [6.07, 6.45) is 1.75. The van der Waals surface area contributed by atoms with Crippen molar-refractivity contribution < 1.29 is 4.42 Å². The van der Waals surface area contributed by atoms with E-state index in [4.69, 9.17) is 4.42 Å². The molecule has 0 N–H and O–H groups in total. The molecule has 0 saturated carbocycles. The molecule has 2 rings (SSSR count). The van der Waals surface area contributed by atoms with E-state index in [0.29, 0.717) is 0 Å². The SMILES string of the molecule is Cc1cnc(-c2c(C)cccc2C)o1. The van der Waals surface area contributed by atoms with Gasteiger partial charge in [-0.15, -0.1) is 0 Å². The zero-order chi connectivity index (χ0) is 10.1. The van der Waals surface area contributed by atoms with Crippen molar-refractivity contribution in [2.24, 2.45) is 0 Å². The van der Waals surface area contributed by atoms with E-state index in [9.17, 15) is 0 Å². The Morgan fingerprint density at radius 2 is 1.71 bits per heavy atom. The van der Waals surface area contributed by atoms with Crippen LogP contribution < -0.4 is 0 Å². The lowest BCUT2D eigenvalue weighted by molar-refractivity contribution is 0.542. The van der Waals surface area contributed by atoms with E-state index >= 15 is 0 Å². The molecule has 0 unspecified atom stereocenters. The number of rotatable bonds is 1. The maximum Gasteiger partial charge on any atom is 0.226 e. The maximum absolute atomic E-state index is 5.52. The monoisotopic (exact) mass is 187 g/mol. The number of oxazole rings is 1. The van der Waals surface area contributed by atoms with E-state index in [2.05, 4.69) is 31.0 Å². The molecule has 2 nitrogen and oxygen atoms in total. The van der Waals surface area contributed by atoms with Crippen LogP contribution in [-0.2, 0) is 0 Å². The van der Waals surface area contributed by atoms with E-state index in [-0.39, 0.29) is 0 Å². The van der Waals surface area contributed by atoms with E-state index in [1.54, 1.807) is 6.20 Å². The molecule has 0 saturated heterocycles. The normalized spacial score (nSPS) is 10.5. The highest BCUT2D eigenvalue weighted by Crippen LogP contribution is 2.26. The topological polar surface area (TPSA) is 26.0 Å². The number of aryl methyl sites for hydroxylation is 3. The van der Waals surface area contributed by atoms with Crippen molar-refractivity contribution in [1.29, 1.82) is 0 Å². The Morgan fingerprint density at radius 1 is 1.07 bits per heavy atom. The summed E-state index contributed by atoms with van der Waals surface area (Å²) >= 11 is 0. The van der Waals surface area contributed by atoms with Gasteiger partial charge in [0.15, 0.2) is 0 Å². The van der Waals surface area contributed by atoms with E-state index < -0.39 is 0 Å². The predicted octanol–water partition coefficient (Wildman–Crippen LogP) is 3.27. The molecule has 0 aliphatic heterocycles. The molecule has 0 amide bonds. The standard InChI is InChI=1S/C12H13NO/c1-8-5-4-6-9(2)11(8)12-13-7-10(3)14-12/h4-7H,1-3H3. The molecule has 1 aromatic carbocycles. The van der Waals surface area contributed by atoms with Crippen LogP contribution in [-0.4, -0.2) is 4.98 Å². The van der Waals surface area contributed by atoms with Gasteiger partial charge in [-0.3, -0.25) is 0 Å². The number of nitrogens with zero attached hydrogens (tertiary/aromatic N) is 1. The molecule has 72 valence electrons. The highest BCUT2D eigenvalue weighted by atomic mass is 16.4. The van der Waals surface area contributed by atoms with Gasteiger partial charge < -0.3 is 4.42 Å². The molecule has 2 heteroatoms. The Balaban J connectivity index is 2.61. The molecule has 2 aromatic rings. The lowest BCUT2D eigenvalue weighted by atomic mass is 10.0. The van der Waals surface area contributed by atoms with E-state index in [0.717, 1.165) is 17.2 Å². The first kappa shape index (κ1) is 9.00. The van der Waals surface area contributed by atoms with Crippen LogP contribution in [0.1, 0.15) is 16.9 Å². The second-order valence-electron chi connectivity index (χ2n) is 3.54. The third-order valence-corrected chi connectivity index (χ3v) is 2.32. The van der Waals surface area contributed by atoms with E-state index in [1.165, 1.54) is 11.1 Å². The van der Waals surface area contributed by atoms with Crippen LogP contribution in [0.25, 0.3) is 11.5 Å². The van der Waals surface area contributed by atoms with Crippen molar-refractivity contribution >= 4 is 0 Å². The highest BCUT2D eigenvalue weighted by molar-refractivity contribution is 5.62. The maximum atomic E-state index is 5.52. The van der Waals surface area contributed by atoms with Gasteiger partial charge in [0.2, 0.25) is 5.89 Å². The second kappa shape index (κ2) is 3.29. The fraction of sp³-hybridized carbons (Fsp3) is 0.250. The van der Waals surface area contributed by atoms with Gasteiger partial charge in [-0.2, -0.15) is 0 Å². The van der Waals surface area contributed by atoms with Crippen LogP contribution >= 0.6 is 0 Å². The molecule has 1 heterocycles. The van der Waals surface area contributed by atoms with Crippen molar-refractivity contribution in [3.8, 4) is 11.5 Å². The van der Waals surface area contributed by atoms with Crippen molar-refractivity contribution in [3.05, 3.63) is 41.3 Å². The van der Waals surface area contributed by atoms with Crippen LogP contribution in [0.2, 0.25) is 0 Å². The number of benzene rings is 1. The largest absolute Gasteiger partial charge is 0.441 e. The fourth-order valence-electron chi connectivity index (χ4n) is 1.62. The first-order chi connectivity index (χ1) is 6.68. The molecule has 0 aliphatic rings. The Bertz CT molecular complexity index is 437. The van der Waals surface area contributed by atoms with Gasteiger partial charge in [0.25, 0.3) is 0 Å². The minimum absolute atomic E-state index is 0.720. The van der Waals surface area contributed by atoms with Gasteiger partial charge >= 0.3 is 0 Å². The fourth-order valence-corrected chi connectivity index (χ4v) is 1.62. The smallest absolute Gasteiger partial charge is 0.226 e. The van der Waals surface area contributed by atoms with Gasteiger partial charge in [-0.05, 0) is 31.9 Å². The lowest BCUT2D eigenvalue weighted by Crippen LogP contribution is -1.86. The minimum Gasteiger partial charge on any atom is -0.441 e. The van der Waals surface area contributed by atoms with Crippen molar-refractivity contribution in [2.45, 2.75) is 20.8 Å². The molecule has 1 aromatic heterocycles. The Kier molecular flexibility index (Phi) is 2.12. The molecule has 0 fully saturated rings.